The van der Waals surface area contributed by atoms with Crippen LogP contribution in [-0.4, -0.2) is 20.9 Å². The molecule has 0 aliphatic heterocycles. The quantitative estimate of drug-likeness (QED) is 0.643. The third-order valence-electron chi connectivity index (χ3n) is 3.52. The molecule has 21 heavy (non-hydrogen) atoms. The van der Waals surface area contributed by atoms with Gasteiger partial charge in [-0.1, -0.05) is 12.8 Å². The second-order valence-corrected chi connectivity index (χ2v) is 7.92. The third-order valence-corrected chi connectivity index (χ3v) is 4.84. The SMILES string of the molecule is Cc1cc(C(=O)NCCCC2CC2)cc(S(=O)(=O)Cl)c1F. The van der Waals surface area contributed by atoms with Gasteiger partial charge in [0.05, 0.1) is 0 Å². The van der Waals surface area contributed by atoms with Gasteiger partial charge >= 0.3 is 0 Å². The highest BCUT2D eigenvalue weighted by Gasteiger charge is 2.22. The topological polar surface area (TPSA) is 63.2 Å². The van der Waals surface area contributed by atoms with E-state index in [2.05, 4.69) is 5.32 Å². The molecule has 1 aliphatic rings. The third kappa shape index (κ3) is 4.41. The van der Waals surface area contributed by atoms with E-state index < -0.39 is 25.7 Å². The summed E-state index contributed by atoms with van der Waals surface area (Å²) in [5.41, 5.74) is 0.166. The molecule has 0 heterocycles. The van der Waals surface area contributed by atoms with E-state index in [1.165, 1.54) is 25.8 Å². The number of benzene rings is 1. The first-order chi connectivity index (χ1) is 9.79. The van der Waals surface area contributed by atoms with Gasteiger partial charge in [0.25, 0.3) is 15.0 Å². The van der Waals surface area contributed by atoms with E-state index in [0.29, 0.717) is 6.54 Å². The summed E-state index contributed by atoms with van der Waals surface area (Å²) in [5.74, 6) is -0.547. The summed E-state index contributed by atoms with van der Waals surface area (Å²) in [7, 11) is 0.959. The van der Waals surface area contributed by atoms with Gasteiger partial charge in [0.15, 0.2) is 0 Å². The summed E-state index contributed by atoms with van der Waals surface area (Å²) >= 11 is 0. The Balaban J connectivity index is 2.07. The molecule has 0 saturated heterocycles. The Kier molecular flexibility index (Phi) is 4.88. The van der Waals surface area contributed by atoms with Crippen LogP contribution in [0.1, 0.15) is 41.6 Å². The summed E-state index contributed by atoms with van der Waals surface area (Å²) in [6.07, 6.45) is 4.51. The van der Waals surface area contributed by atoms with Crippen LogP contribution >= 0.6 is 10.7 Å². The van der Waals surface area contributed by atoms with Crippen LogP contribution in [0.4, 0.5) is 4.39 Å². The zero-order valence-electron chi connectivity index (χ0n) is 11.7. The minimum absolute atomic E-state index is 0.0693. The number of hydrogen-bond donors (Lipinski definition) is 1. The molecular weight excluding hydrogens is 317 g/mol. The maximum Gasteiger partial charge on any atom is 0.264 e. The molecule has 0 atom stereocenters. The van der Waals surface area contributed by atoms with Crippen LogP contribution in [-0.2, 0) is 9.05 Å². The van der Waals surface area contributed by atoms with Crippen molar-refractivity contribution < 1.29 is 17.6 Å². The van der Waals surface area contributed by atoms with Crippen LogP contribution in [0.25, 0.3) is 0 Å². The largest absolute Gasteiger partial charge is 0.352 e. The predicted octanol–water partition coefficient (Wildman–Crippen LogP) is 2.98. The monoisotopic (exact) mass is 333 g/mol. The molecule has 0 aromatic heterocycles. The molecule has 1 N–H and O–H groups in total. The van der Waals surface area contributed by atoms with Crippen molar-refractivity contribution in [1.29, 1.82) is 0 Å². The average molecular weight is 334 g/mol. The number of carbonyl (C=O) groups excluding carboxylic acids is 1. The van der Waals surface area contributed by atoms with Crippen LogP contribution in [0.3, 0.4) is 0 Å². The molecule has 4 nitrogen and oxygen atoms in total. The molecule has 7 heteroatoms. The fourth-order valence-corrected chi connectivity index (χ4v) is 3.13. The number of halogens is 2. The van der Waals surface area contributed by atoms with Crippen molar-refractivity contribution >= 4 is 25.6 Å². The number of hydrogen-bond acceptors (Lipinski definition) is 3. The van der Waals surface area contributed by atoms with Gasteiger partial charge in [-0.25, -0.2) is 12.8 Å². The molecule has 0 spiro atoms. The van der Waals surface area contributed by atoms with E-state index in [-0.39, 0.29) is 11.1 Å². The van der Waals surface area contributed by atoms with Gasteiger partial charge in [-0.3, -0.25) is 4.79 Å². The van der Waals surface area contributed by atoms with Crippen molar-refractivity contribution in [2.45, 2.75) is 37.5 Å². The summed E-state index contributed by atoms with van der Waals surface area (Å²) < 4.78 is 36.4. The average Bonchev–Trinajstić information content (AvgIpc) is 3.20. The van der Waals surface area contributed by atoms with E-state index in [1.54, 1.807) is 0 Å². The predicted molar refractivity (Wildman–Crippen MR) is 78.5 cm³/mol. The van der Waals surface area contributed by atoms with Gasteiger partial charge in [-0.15, -0.1) is 0 Å². The second kappa shape index (κ2) is 6.32. The molecule has 0 radical (unpaired) electrons. The highest BCUT2D eigenvalue weighted by molar-refractivity contribution is 8.13. The lowest BCUT2D eigenvalue weighted by Gasteiger charge is -2.08. The smallest absolute Gasteiger partial charge is 0.264 e. The molecule has 116 valence electrons. The van der Waals surface area contributed by atoms with Crippen LogP contribution < -0.4 is 5.32 Å². The second-order valence-electron chi connectivity index (χ2n) is 5.38. The van der Waals surface area contributed by atoms with Gasteiger partial charge in [-0.05, 0) is 43.4 Å². The first kappa shape index (κ1) is 16.2. The normalized spacial score (nSPS) is 15.0. The van der Waals surface area contributed by atoms with E-state index in [9.17, 15) is 17.6 Å². The molecule has 1 aromatic carbocycles. The highest BCUT2D eigenvalue weighted by atomic mass is 35.7. The number of nitrogens with one attached hydrogen (secondary N) is 1. The van der Waals surface area contributed by atoms with Crippen LogP contribution in [0.15, 0.2) is 17.0 Å². The molecule has 1 fully saturated rings. The molecule has 0 bridgehead atoms. The minimum Gasteiger partial charge on any atom is -0.352 e. The van der Waals surface area contributed by atoms with Crippen molar-refractivity contribution in [2.24, 2.45) is 5.92 Å². The molecule has 1 aliphatic carbocycles. The van der Waals surface area contributed by atoms with Crippen LogP contribution in [0.5, 0.6) is 0 Å². The lowest BCUT2D eigenvalue weighted by Crippen LogP contribution is -2.25. The molecule has 1 amide bonds. The fraction of sp³-hybridized carbons (Fsp3) is 0.500. The Bertz CT molecular complexity index is 656. The Morgan fingerprint density at radius 2 is 2.10 bits per heavy atom. The van der Waals surface area contributed by atoms with Crippen molar-refractivity contribution in [3.05, 3.63) is 29.1 Å². The summed E-state index contributed by atoms with van der Waals surface area (Å²) in [4.78, 5) is 11.3. The Hall–Kier alpha value is -1.14. The van der Waals surface area contributed by atoms with E-state index in [0.717, 1.165) is 24.8 Å². The molecule has 0 unspecified atom stereocenters. The van der Waals surface area contributed by atoms with Crippen molar-refractivity contribution in [2.75, 3.05) is 6.54 Å². The lowest BCUT2D eigenvalue weighted by molar-refractivity contribution is 0.0952. The minimum atomic E-state index is -4.22. The molecule has 1 saturated carbocycles. The first-order valence-electron chi connectivity index (χ1n) is 6.82. The summed E-state index contributed by atoms with van der Waals surface area (Å²) in [5, 5.41) is 2.71. The number of carbonyl (C=O) groups is 1. The van der Waals surface area contributed by atoms with E-state index in [1.807, 2.05) is 0 Å². The van der Waals surface area contributed by atoms with Gasteiger partial charge < -0.3 is 5.32 Å². The fourth-order valence-electron chi connectivity index (χ4n) is 2.15. The first-order valence-corrected chi connectivity index (χ1v) is 9.13. The maximum absolute atomic E-state index is 13.7. The highest BCUT2D eigenvalue weighted by Crippen LogP contribution is 2.33. The zero-order chi connectivity index (χ0) is 15.6. The van der Waals surface area contributed by atoms with Gasteiger partial charge in [0.1, 0.15) is 10.7 Å². The van der Waals surface area contributed by atoms with Crippen molar-refractivity contribution in [3.8, 4) is 0 Å². The Labute approximate surface area is 128 Å². The van der Waals surface area contributed by atoms with E-state index in [4.69, 9.17) is 10.7 Å². The molecular formula is C14H17ClFNO3S. The van der Waals surface area contributed by atoms with Gasteiger partial charge in [0.2, 0.25) is 0 Å². The molecule has 2 rings (SSSR count). The van der Waals surface area contributed by atoms with E-state index >= 15 is 0 Å². The number of aryl methyl sites for hydroxylation is 1. The van der Waals surface area contributed by atoms with Gasteiger partial charge in [0, 0.05) is 22.8 Å². The lowest BCUT2D eigenvalue weighted by atomic mass is 10.1. The van der Waals surface area contributed by atoms with Crippen molar-refractivity contribution in [1.82, 2.24) is 5.32 Å². The van der Waals surface area contributed by atoms with Crippen molar-refractivity contribution in [3.63, 3.8) is 0 Å². The van der Waals surface area contributed by atoms with Crippen LogP contribution in [0, 0.1) is 18.7 Å². The standard InChI is InChI=1S/C14H17ClFNO3S/c1-9-7-11(8-12(13(9)16)21(15,19)20)14(18)17-6-2-3-10-4-5-10/h7-8,10H,2-6H2,1H3,(H,17,18). The number of amides is 1. The summed E-state index contributed by atoms with van der Waals surface area (Å²) in [6.45, 7) is 1.92. The Morgan fingerprint density at radius 3 is 2.67 bits per heavy atom. The van der Waals surface area contributed by atoms with Gasteiger partial charge in [-0.2, -0.15) is 0 Å². The number of rotatable bonds is 6. The summed E-state index contributed by atoms with van der Waals surface area (Å²) in [6, 6.07) is 2.29. The Morgan fingerprint density at radius 1 is 1.43 bits per heavy atom. The van der Waals surface area contributed by atoms with Crippen LogP contribution in [0.2, 0.25) is 0 Å². The maximum atomic E-state index is 13.7. The molecule has 1 aromatic rings. The zero-order valence-corrected chi connectivity index (χ0v) is 13.2.